The highest BCUT2D eigenvalue weighted by atomic mass is 32.2. The highest BCUT2D eigenvalue weighted by Gasteiger charge is 2.38. The molecular weight excluding hydrogens is 392 g/mol. The van der Waals surface area contributed by atoms with Gasteiger partial charge in [0, 0.05) is 24.4 Å². The third-order valence-electron chi connectivity index (χ3n) is 4.89. The molecule has 1 aliphatic rings. The number of anilines is 2. The molecule has 0 atom stereocenters. The van der Waals surface area contributed by atoms with Gasteiger partial charge in [-0.3, -0.25) is 9.10 Å². The van der Waals surface area contributed by atoms with E-state index in [0.29, 0.717) is 34.0 Å². The third kappa shape index (κ3) is 3.55. The molecule has 0 unspecified atom stereocenters. The average Bonchev–Trinajstić information content (AvgIpc) is 2.64. The van der Waals surface area contributed by atoms with E-state index in [9.17, 15) is 13.2 Å². The first-order valence-corrected chi connectivity index (χ1v) is 10.4. The summed E-state index contributed by atoms with van der Waals surface area (Å²) < 4.78 is 38.0. The van der Waals surface area contributed by atoms with E-state index in [1.165, 1.54) is 21.3 Å². The molecule has 0 saturated carbocycles. The van der Waals surface area contributed by atoms with Crippen LogP contribution in [-0.4, -0.2) is 35.6 Å². The number of nitrogens with zero attached hydrogens (tertiary/aromatic N) is 1. The molecule has 8 heteroatoms. The van der Waals surface area contributed by atoms with Crippen LogP contribution in [0.4, 0.5) is 11.4 Å². The Hall–Kier alpha value is -3.00. The predicted octanol–water partition coefficient (Wildman–Crippen LogP) is 3.47. The Morgan fingerprint density at radius 3 is 2.03 bits per heavy atom. The standard InChI is InChI=1S/C21H24N2O5S/c1-12-7-13(2)9-15(8-12)22-21(24)20-14(3)16-10-18(27-5)19(28-6)11-17(16)23(4)29(20,25)26/h7-11H,1-6H3,(H,22,24). The van der Waals surface area contributed by atoms with Gasteiger partial charge in [0.15, 0.2) is 16.4 Å². The summed E-state index contributed by atoms with van der Waals surface area (Å²) in [5, 5.41) is 2.72. The Bertz CT molecular complexity index is 1120. The molecule has 0 spiro atoms. The van der Waals surface area contributed by atoms with Gasteiger partial charge < -0.3 is 14.8 Å². The number of carbonyl (C=O) groups is 1. The highest BCUT2D eigenvalue weighted by Crippen LogP contribution is 2.44. The maximum Gasteiger partial charge on any atom is 0.269 e. The Morgan fingerprint density at radius 1 is 0.931 bits per heavy atom. The summed E-state index contributed by atoms with van der Waals surface area (Å²) in [6.45, 7) is 5.44. The normalized spacial score (nSPS) is 15.0. The van der Waals surface area contributed by atoms with Gasteiger partial charge in [-0.25, -0.2) is 8.42 Å². The number of nitrogens with one attached hydrogen (secondary N) is 1. The molecule has 1 N–H and O–H groups in total. The van der Waals surface area contributed by atoms with Crippen molar-refractivity contribution in [2.24, 2.45) is 0 Å². The fourth-order valence-corrected chi connectivity index (χ4v) is 5.00. The molecule has 0 fully saturated rings. The Labute approximate surface area is 171 Å². The Kier molecular flexibility index (Phi) is 5.32. The van der Waals surface area contributed by atoms with E-state index in [2.05, 4.69) is 5.32 Å². The van der Waals surface area contributed by atoms with Gasteiger partial charge in [0.25, 0.3) is 15.9 Å². The lowest BCUT2D eigenvalue weighted by molar-refractivity contribution is -0.112. The molecule has 1 heterocycles. The summed E-state index contributed by atoms with van der Waals surface area (Å²) in [5.74, 6) is 0.177. The summed E-state index contributed by atoms with van der Waals surface area (Å²) in [7, 11) is 0.348. The van der Waals surface area contributed by atoms with Gasteiger partial charge in [-0.05, 0) is 55.7 Å². The van der Waals surface area contributed by atoms with Crippen molar-refractivity contribution in [3.63, 3.8) is 0 Å². The minimum atomic E-state index is -4.04. The van der Waals surface area contributed by atoms with Gasteiger partial charge in [0.2, 0.25) is 0 Å². The van der Waals surface area contributed by atoms with Crippen LogP contribution in [0.3, 0.4) is 0 Å². The summed E-state index contributed by atoms with van der Waals surface area (Å²) >= 11 is 0. The van der Waals surface area contributed by atoms with Crippen LogP contribution in [-0.2, 0) is 14.8 Å². The monoisotopic (exact) mass is 416 g/mol. The molecule has 2 aromatic rings. The number of ether oxygens (including phenoxy) is 2. The van der Waals surface area contributed by atoms with Crippen molar-refractivity contribution in [2.45, 2.75) is 20.8 Å². The molecule has 29 heavy (non-hydrogen) atoms. The SMILES string of the molecule is COc1cc2c(cc1OC)N(C)S(=O)(=O)C(C(=O)Nc1cc(C)cc(C)c1)=C2C. The highest BCUT2D eigenvalue weighted by molar-refractivity contribution is 7.97. The number of allylic oxidation sites excluding steroid dienone is 1. The smallest absolute Gasteiger partial charge is 0.269 e. The van der Waals surface area contributed by atoms with Crippen LogP contribution in [0.2, 0.25) is 0 Å². The van der Waals surface area contributed by atoms with Crippen LogP contribution >= 0.6 is 0 Å². The Balaban J connectivity index is 2.15. The summed E-state index contributed by atoms with van der Waals surface area (Å²) in [5.41, 5.74) is 3.84. The summed E-state index contributed by atoms with van der Waals surface area (Å²) in [6, 6.07) is 8.83. The van der Waals surface area contributed by atoms with E-state index in [0.717, 1.165) is 15.4 Å². The van der Waals surface area contributed by atoms with Gasteiger partial charge in [-0.15, -0.1) is 0 Å². The Morgan fingerprint density at radius 2 is 1.48 bits per heavy atom. The molecule has 1 amide bonds. The van der Waals surface area contributed by atoms with Crippen LogP contribution in [0.5, 0.6) is 11.5 Å². The number of fused-ring (bicyclic) bond motifs is 1. The predicted molar refractivity (Wildman–Crippen MR) is 114 cm³/mol. The molecule has 7 nitrogen and oxygen atoms in total. The van der Waals surface area contributed by atoms with Gasteiger partial charge in [0.1, 0.15) is 0 Å². The fraction of sp³-hybridized carbons (Fsp3) is 0.286. The molecule has 0 saturated heterocycles. The van der Waals surface area contributed by atoms with Gasteiger partial charge in [-0.1, -0.05) is 6.07 Å². The van der Waals surface area contributed by atoms with E-state index in [1.54, 1.807) is 31.2 Å². The van der Waals surface area contributed by atoms with Gasteiger partial charge in [0.05, 0.1) is 19.9 Å². The van der Waals surface area contributed by atoms with Gasteiger partial charge >= 0.3 is 0 Å². The number of aryl methyl sites for hydroxylation is 2. The second kappa shape index (κ2) is 7.44. The van der Waals surface area contributed by atoms with Crippen molar-refractivity contribution in [1.29, 1.82) is 0 Å². The lowest BCUT2D eigenvalue weighted by Crippen LogP contribution is -2.36. The maximum absolute atomic E-state index is 13.1. The zero-order valence-electron chi connectivity index (χ0n) is 17.3. The van der Waals surface area contributed by atoms with Crippen LogP contribution in [0.1, 0.15) is 23.6 Å². The largest absolute Gasteiger partial charge is 0.493 e. The van der Waals surface area contributed by atoms with Crippen molar-refractivity contribution in [3.05, 3.63) is 51.9 Å². The van der Waals surface area contributed by atoms with Crippen molar-refractivity contribution in [1.82, 2.24) is 0 Å². The van der Waals surface area contributed by atoms with Crippen LogP contribution in [0.15, 0.2) is 35.2 Å². The topological polar surface area (TPSA) is 84.9 Å². The third-order valence-corrected chi connectivity index (χ3v) is 6.82. The van der Waals surface area contributed by atoms with E-state index < -0.39 is 15.9 Å². The van der Waals surface area contributed by atoms with E-state index in [1.807, 2.05) is 19.9 Å². The number of benzene rings is 2. The molecule has 2 aromatic carbocycles. The van der Waals surface area contributed by atoms with Crippen LogP contribution in [0.25, 0.3) is 5.57 Å². The fourth-order valence-electron chi connectivity index (χ4n) is 3.53. The van der Waals surface area contributed by atoms with E-state index in [4.69, 9.17) is 9.47 Å². The summed E-state index contributed by atoms with van der Waals surface area (Å²) in [6.07, 6.45) is 0. The number of sulfonamides is 1. The second-order valence-electron chi connectivity index (χ2n) is 6.98. The van der Waals surface area contributed by atoms with Crippen molar-refractivity contribution in [2.75, 3.05) is 30.9 Å². The zero-order valence-corrected chi connectivity index (χ0v) is 18.1. The quantitative estimate of drug-likeness (QED) is 0.825. The van der Waals surface area contributed by atoms with E-state index >= 15 is 0 Å². The van der Waals surface area contributed by atoms with Crippen LogP contribution in [0, 0.1) is 13.8 Å². The first-order valence-electron chi connectivity index (χ1n) is 8.96. The molecule has 0 aliphatic carbocycles. The second-order valence-corrected chi connectivity index (χ2v) is 8.89. The van der Waals surface area contributed by atoms with Crippen molar-refractivity contribution in [3.8, 4) is 11.5 Å². The molecule has 0 aromatic heterocycles. The first kappa shape index (κ1) is 20.7. The average molecular weight is 416 g/mol. The number of hydrogen-bond donors (Lipinski definition) is 1. The molecule has 0 bridgehead atoms. The minimum absolute atomic E-state index is 0.293. The van der Waals surface area contributed by atoms with Crippen molar-refractivity contribution < 1.29 is 22.7 Å². The lowest BCUT2D eigenvalue weighted by Gasteiger charge is -2.30. The molecule has 3 rings (SSSR count). The minimum Gasteiger partial charge on any atom is -0.493 e. The van der Waals surface area contributed by atoms with Crippen molar-refractivity contribution >= 4 is 32.9 Å². The zero-order chi connectivity index (χ0) is 21.5. The summed E-state index contributed by atoms with van der Waals surface area (Å²) in [4.78, 5) is 12.7. The van der Waals surface area contributed by atoms with Crippen LogP contribution < -0.4 is 19.1 Å². The van der Waals surface area contributed by atoms with Gasteiger partial charge in [-0.2, -0.15) is 0 Å². The first-order chi connectivity index (χ1) is 13.6. The molecule has 0 radical (unpaired) electrons. The maximum atomic E-state index is 13.1. The number of hydrogen-bond acceptors (Lipinski definition) is 5. The molecular formula is C21H24N2O5S. The van der Waals surface area contributed by atoms with E-state index in [-0.39, 0.29) is 4.91 Å². The number of rotatable bonds is 4. The number of methoxy groups -OCH3 is 2. The molecule has 1 aliphatic heterocycles. The number of amides is 1. The lowest BCUT2D eigenvalue weighted by atomic mass is 10.0. The molecule has 154 valence electrons. The number of carbonyl (C=O) groups excluding carboxylic acids is 1.